The van der Waals surface area contributed by atoms with Gasteiger partial charge in [0.15, 0.2) is 5.96 Å². The smallest absolute Gasteiger partial charge is 0.308 e. The summed E-state index contributed by atoms with van der Waals surface area (Å²) < 4.78 is 4.89. The molecule has 0 aliphatic carbocycles. The molecule has 1 fully saturated rings. The van der Waals surface area contributed by atoms with Gasteiger partial charge in [0, 0.05) is 45.8 Å². The predicted molar refractivity (Wildman–Crippen MR) is 128 cm³/mol. The summed E-state index contributed by atoms with van der Waals surface area (Å²) >= 11 is 0. The highest BCUT2D eigenvalue weighted by Gasteiger charge is 2.28. The van der Waals surface area contributed by atoms with E-state index in [1.54, 1.807) is 0 Å². The number of halogens is 1. The van der Waals surface area contributed by atoms with Gasteiger partial charge in [0.2, 0.25) is 0 Å². The normalized spacial score (nSPS) is 19.1. The molecule has 1 N–H and O–H groups in total. The van der Waals surface area contributed by atoms with Crippen molar-refractivity contribution in [1.29, 1.82) is 0 Å². The Bertz CT molecular complexity index is 689. The zero-order chi connectivity index (χ0) is 19.9. The molecule has 2 heterocycles. The summed E-state index contributed by atoms with van der Waals surface area (Å²) in [5.74, 6) is 0.884. The Labute approximate surface area is 192 Å². The molecule has 0 radical (unpaired) electrons. The van der Waals surface area contributed by atoms with E-state index in [9.17, 15) is 4.79 Å². The van der Waals surface area contributed by atoms with Crippen LogP contribution in [0.15, 0.2) is 29.3 Å². The van der Waals surface area contributed by atoms with Crippen molar-refractivity contribution in [2.24, 2.45) is 10.9 Å². The van der Waals surface area contributed by atoms with Gasteiger partial charge in [-0.25, -0.2) is 0 Å². The van der Waals surface area contributed by atoms with E-state index in [0.717, 1.165) is 64.4 Å². The third-order valence-electron chi connectivity index (χ3n) is 6.18. The second kappa shape index (κ2) is 11.7. The van der Waals surface area contributed by atoms with Crippen LogP contribution >= 0.6 is 24.0 Å². The molecule has 6 nitrogen and oxygen atoms in total. The average Bonchev–Trinajstić information content (AvgIpc) is 2.76. The molecular weight excluding hydrogens is 479 g/mol. The van der Waals surface area contributed by atoms with Crippen LogP contribution in [0.1, 0.15) is 37.3 Å². The van der Waals surface area contributed by atoms with Gasteiger partial charge in [-0.3, -0.25) is 14.7 Å². The summed E-state index contributed by atoms with van der Waals surface area (Å²) in [7, 11) is 3.31. The van der Waals surface area contributed by atoms with Crippen LogP contribution in [-0.4, -0.2) is 68.1 Å². The topological polar surface area (TPSA) is 57.2 Å². The monoisotopic (exact) mass is 514 g/mol. The first-order valence-corrected chi connectivity index (χ1v) is 10.5. The van der Waals surface area contributed by atoms with E-state index in [2.05, 4.69) is 51.3 Å². The summed E-state index contributed by atoms with van der Waals surface area (Å²) in [6.45, 7) is 6.97. The van der Waals surface area contributed by atoms with E-state index in [0.29, 0.717) is 6.04 Å². The number of nitrogens with one attached hydrogen (secondary N) is 1. The van der Waals surface area contributed by atoms with E-state index >= 15 is 0 Å². The lowest BCUT2D eigenvalue weighted by molar-refractivity contribution is -0.146. The number of guanidine groups is 1. The number of likely N-dealkylation sites (tertiary alicyclic amines) is 1. The molecule has 162 valence electrons. The maximum absolute atomic E-state index is 11.7. The molecule has 0 saturated carbocycles. The fraction of sp³-hybridized carbons (Fsp3) is 0.636. The number of esters is 1. The Morgan fingerprint density at radius 2 is 1.93 bits per heavy atom. The van der Waals surface area contributed by atoms with Crippen molar-refractivity contribution in [2.75, 3.05) is 40.3 Å². The van der Waals surface area contributed by atoms with Crippen LogP contribution in [0.2, 0.25) is 0 Å². The van der Waals surface area contributed by atoms with Crippen LogP contribution in [0, 0.1) is 5.92 Å². The predicted octanol–water partition coefficient (Wildman–Crippen LogP) is 2.90. The van der Waals surface area contributed by atoms with Crippen LogP contribution in [-0.2, 0) is 22.5 Å². The standard InChI is InChI=1S/C22H34N4O2.HI/c1-4-20(26-14-9-17-7-5-6-8-19(17)16-26)15-24-22(23-2)25-12-10-18(11-13-25)21(27)28-3;/h5-8,18,20H,4,9-16H2,1-3H3,(H,23,24);1H. The lowest BCUT2D eigenvalue weighted by atomic mass is 9.97. The van der Waals surface area contributed by atoms with Crippen molar-refractivity contribution >= 4 is 35.9 Å². The number of ether oxygens (including phenoxy) is 1. The van der Waals surface area contributed by atoms with Gasteiger partial charge in [-0.2, -0.15) is 0 Å². The highest BCUT2D eigenvalue weighted by Crippen LogP contribution is 2.21. The Balaban J connectivity index is 0.00000300. The molecule has 1 aromatic carbocycles. The maximum atomic E-state index is 11.7. The average molecular weight is 514 g/mol. The van der Waals surface area contributed by atoms with Gasteiger partial charge in [0.05, 0.1) is 13.0 Å². The minimum Gasteiger partial charge on any atom is -0.469 e. The lowest BCUT2D eigenvalue weighted by Gasteiger charge is -2.37. The minimum absolute atomic E-state index is 0. The van der Waals surface area contributed by atoms with Gasteiger partial charge in [0.25, 0.3) is 0 Å². The summed E-state index contributed by atoms with van der Waals surface area (Å²) in [6.07, 6.45) is 3.89. The molecule has 1 unspecified atom stereocenters. The molecule has 1 aromatic rings. The van der Waals surface area contributed by atoms with Crippen molar-refractivity contribution < 1.29 is 9.53 Å². The maximum Gasteiger partial charge on any atom is 0.308 e. The third-order valence-corrected chi connectivity index (χ3v) is 6.18. The fourth-order valence-electron chi connectivity index (χ4n) is 4.40. The number of piperidine rings is 1. The highest BCUT2D eigenvalue weighted by molar-refractivity contribution is 14.0. The molecule has 0 aromatic heterocycles. The van der Waals surface area contributed by atoms with Crippen LogP contribution < -0.4 is 5.32 Å². The van der Waals surface area contributed by atoms with E-state index in [-0.39, 0.29) is 35.9 Å². The number of carbonyl (C=O) groups excluding carboxylic acids is 1. The first kappa shape index (κ1) is 23.9. The highest BCUT2D eigenvalue weighted by atomic mass is 127. The van der Waals surface area contributed by atoms with E-state index < -0.39 is 0 Å². The Hall–Kier alpha value is -1.35. The molecule has 0 spiro atoms. The number of fused-ring (bicyclic) bond motifs is 1. The molecule has 0 bridgehead atoms. The first-order valence-electron chi connectivity index (χ1n) is 10.5. The summed E-state index contributed by atoms with van der Waals surface area (Å²) in [5.41, 5.74) is 2.95. The zero-order valence-corrected chi connectivity index (χ0v) is 20.2. The van der Waals surface area contributed by atoms with Crippen molar-refractivity contribution in [1.82, 2.24) is 15.1 Å². The van der Waals surface area contributed by atoms with Gasteiger partial charge >= 0.3 is 5.97 Å². The number of rotatable bonds is 5. The molecule has 2 aliphatic rings. The van der Waals surface area contributed by atoms with Gasteiger partial charge in [0.1, 0.15) is 0 Å². The lowest BCUT2D eigenvalue weighted by Crippen LogP contribution is -2.51. The summed E-state index contributed by atoms with van der Waals surface area (Å²) in [4.78, 5) is 21.1. The molecule has 1 atom stereocenters. The van der Waals surface area contributed by atoms with Gasteiger partial charge in [-0.1, -0.05) is 31.2 Å². The van der Waals surface area contributed by atoms with Crippen LogP contribution in [0.3, 0.4) is 0 Å². The summed E-state index contributed by atoms with van der Waals surface area (Å²) in [6, 6.07) is 9.28. The van der Waals surface area contributed by atoms with Crippen LogP contribution in [0.25, 0.3) is 0 Å². The molecule has 29 heavy (non-hydrogen) atoms. The number of hydrogen-bond acceptors (Lipinski definition) is 4. The molecular formula is C22H35IN4O2. The Morgan fingerprint density at radius 3 is 2.55 bits per heavy atom. The van der Waals surface area contributed by atoms with Crippen molar-refractivity contribution in [3.8, 4) is 0 Å². The number of hydrogen-bond donors (Lipinski definition) is 1. The zero-order valence-electron chi connectivity index (χ0n) is 17.9. The first-order chi connectivity index (χ1) is 13.7. The number of carbonyl (C=O) groups is 1. The van der Waals surface area contributed by atoms with Crippen LogP contribution in [0.5, 0.6) is 0 Å². The molecule has 0 amide bonds. The van der Waals surface area contributed by atoms with E-state index in [4.69, 9.17) is 4.74 Å². The fourth-order valence-corrected chi connectivity index (χ4v) is 4.40. The Kier molecular flexibility index (Phi) is 9.68. The van der Waals surface area contributed by atoms with Gasteiger partial charge in [-0.05, 0) is 36.8 Å². The largest absolute Gasteiger partial charge is 0.469 e. The third kappa shape index (κ3) is 6.07. The van der Waals surface area contributed by atoms with Crippen LogP contribution in [0.4, 0.5) is 0 Å². The summed E-state index contributed by atoms with van der Waals surface area (Å²) in [5, 5.41) is 3.59. The molecule has 3 rings (SSSR count). The van der Waals surface area contributed by atoms with Gasteiger partial charge < -0.3 is 15.0 Å². The molecule has 7 heteroatoms. The van der Waals surface area contributed by atoms with Crippen molar-refractivity contribution in [3.05, 3.63) is 35.4 Å². The number of aliphatic imine (C=N–C) groups is 1. The van der Waals surface area contributed by atoms with E-state index in [1.807, 2.05) is 7.05 Å². The number of nitrogens with zero attached hydrogens (tertiary/aromatic N) is 3. The number of benzene rings is 1. The molecule has 1 saturated heterocycles. The van der Waals surface area contributed by atoms with Crippen molar-refractivity contribution in [2.45, 2.75) is 45.2 Å². The second-order valence-electron chi connectivity index (χ2n) is 7.76. The minimum atomic E-state index is -0.0842. The quantitative estimate of drug-likeness (QED) is 0.284. The number of methoxy groups -OCH3 is 1. The Morgan fingerprint density at radius 1 is 1.24 bits per heavy atom. The molecule has 2 aliphatic heterocycles. The SMILES string of the molecule is CCC(CNC(=NC)N1CCC(C(=O)OC)CC1)N1CCc2ccccc2C1.I. The van der Waals surface area contributed by atoms with E-state index in [1.165, 1.54) is 18.2 Å². The van der Waals surface area contributed by atoms with Gasteiger partial charge in [-0.15, -0.1) is 24.0 Å². The second-order valence-corrected chi connectivity index (χ2v) is 7.76. The van der Waals surface area contributed by atoms with Crippen molar-refractivity contribution in [3.63, 3.8) is 0 Å².